The molecule has 0 radical (unpaired) electrons. The second kappa shape index (κ2) is 6.53. The monoisotopic (exact) mass is 313 g/mol. The summed E-state index contributed by atoms with van der Waals surface area (Å²) in [4.78, 5) is 17.0. The highest BCUT2D eigenvalue weighted by Crippen LogP contribution is 2.23. The molecule has 0 aliphatic rings. The zero-order chi connectivity index (χ0) is 15.4. The molecular weight excluding hydrogens is 298 g/mol. The van der Waals surface area contributed by atoms with Crippen LogP contribution in [0.15, 0.2) is 46.3 Å². The van der Waals surface area contributed by atoms with Crippen LogP contribution in [0.3, 0.4) is 0 Å². The first-order valence-corrected chi connectivity index (χ1v) is 7.88. The molecule has 0 aliphatic carbocycles. The van der Waals surface area contributed by atoms with Crippen LogP contribution in [0.1, 0.15) is 24.8 Å². The Morgan fingerprint density at radius 3 is 2.91 bits per heavy atom. The van der Waals surface area contributed by atoms with E-state index in [2.05, 4.69) is 15.5 Å². The molecule has 1 N–H and O–H groups in total. The standard InChI is InChI=1S/C16H15N3O2S/c1-2-14(20)17-12-7-4-3-6-11(12)10-15-18-16(19-21-15)13-8-5-9-22-13/h3-9H,2,10H2,1H3,(H,17,20). The number of nitrogens with one attached hydrogen (secondary N) is 1. The summed E-state index contributed by atoms with van der Waals surface area (Å²) in [6.45, 7) is 1.82. The number of amides is 1. The van der Waals surface area contributed by atoms with E-state index in [-0.39, 0.29) is 5.91 Å². The van der Waals surface area contributed by atoms with Gasteiger partial charge >= 0.3 is 0 Å². The van der Waals surface area contributed by atoms with Gasteiger partial charge in [0.25, 0.3) is 0 Å². The average molecular weight is 313 g/mol. The highest BCUT2D eigenvalue weighted by molar-refractivity contribution is 7.13. The van der Waals surface area contributed by atoms with Crippen molar-refractivity contribution in [3.63, 3.8) is 0 Å². The largest absolute Gasteiger partial charge is 0.339 e. The van der Waals surface area contributed by atoms with Gasteiger partial charge in [0.15, 0.2) is 0 Å². The molecule has 2 heterocycles. The molecule has 3 aromatic rings. The van der Waals surface area contributed by atoms with E-state index in [1.54, 1.807) is 11.3 Å². The van der Waals surface area contributed by atoms with Crippen molar-refractivity contribution in [1.82, 2.24) is 10.1 Å². The predicted octanol–water partition coefficient (Wildman–Crippen LogP) is 3.74. The average Bonchev–Trinajstić information content (AvgIpc) is 3.20. The molecule has 0 saturated heterocycles. The third kappa shape index (κ3) is 3.23. The minimum absolute atomic E-state index is 0.0164. The first kappa shape index (κ1) is 14.5. The van der Waals surface area contributed by atoms with E-state index < -0.39 is 0 Å². The zero-order valence-electron chi connectivity index (χ0n) is 12.1. The number of hydrogen-bond donors (Lipinski definition) is 1. The second-order valence-electron chi connectivity index (χ2n) is 4.72. The van der Waals surface area contributed by atoms with Crippen molar-refractivity contribution in [1.29, 1.82) is 0 Å². The first-order valence-electron chi connectivity index (χ1n) is 7.00. The van der Waals surface area contributed by atoms with Gasteiger partial charge < -0.3 is 9.84 Å². The van der Waals surface area contributed by atoms with Crippen molar-refractivity contribution < 1.29 is 9.32 Å². The van der Waals surface area contributed by atoms with Crippen LogP contribution in [0.2, 0.25) is 0 Å². The smallest absolute Gasteiger partial charge is 0.231 e. The van der Waals surface area contributed by atoms with Crippen LogP contribution in [-0.4, -0.2) is 16.0 Å². The lowest BCUT2D eigenvalue weighted by molar-refractivity contribution is -0.115. The molecule has 5 nitrogen and oxygen atoms in total. The van der Waals surface area contributed by atoms with Crippen molar-refractivity contribution in [2.24, 2.45) is 0 Å². The zero-order valence-corrected chi connectivity index (χ0v) is 12.9. The maximum atomic E-state index is 11.6. The number of rotatable bonds is 5. The molecule has 1 aromatic carbocycles. The highest BCUT2D eigenvalue weighted by atomic mass is 32.1. The van der Waals surface area contributed by atoms with E-state index in [9.17, 15) is 4.79 Å². The molecule has 0 aliphatic heterocycles. The molecular formula is C16H15N3O2S. The second-order valence-corrected chi connectivity index (χ2v) is 5.67. The quantitative estimate of drug-likeness (QED) is 0.779. The molecule has 0 bridgehead atoms. The molecule has 0 atom stereocenters. The summed E-state index contributed by atoms with van der Waals surface area (Å²) in [5.74, 6) is 1.11. The Kier molecular flexibility index (Phi) is 4.29. The van der Waals surface area contributed by atoms with Gasteiger partial charge in [0.1, 0.15) is 0 Å². The Morgan fingerprint density at radius 1 is 1.27 bits per heavy atom. The number of anilines is 1. The lowest BCUT2D eigenvalue weighted by Crippen LogP contribution is -2.11. The van der Waals surface area contributed by atoms with Gasteiger partial charge in [0.2, 0.25) is 17.6 Å². The van der Waals surface area contributed by atoms with Crippen LogP contribution in [-0.2, 0) is 11.2 Å². The van der Waals surface area contributed by atoms with E-state index in [1.165, 1.54) is 0 Å². The van der Waals surface area contributed by atoms with Crippen LogP contribution in [0.5, 0.6) is 0 Å². The van der Waals surface area contributed by atoms with Crippen molar-refractivity contribution in [2.75, 3.05) is 5.32 Å². The highest BCUT2D eigenvalue weighted by Gasteiger charge is 2.12. The number of carbonyl (C=O) groups excluding carboxylic acids is 1. The van der Waals surface area contributed by atoms with E-state index in [1.807, 2.05) is 48.7 Å². The SMILES string of the molecule is CCC(=O)Nc1ccccc1Cc1nc(-c2cccs2)no1. The van der Waals surface area contributed by atoms with Gasteiger partial charge in [0.05, 0.1) is 11.3 Å². The Morgan fingerprint density at radius 2 is 2.14 bits per heavy atom. The summed E-state index contributed by atoms with van der Waals surface area (Å²) in [6, 6.07) is 11.5. The van der Waals surface area contributed by atoms with Crippen LogP contribution in [0.4, 0.5) is 5.69 Å². The van der Waals surface area contributed by atoms with Gasteiger partial charge in [-0.15, -0.1) is 11.3 Å². The summed E-state index contributed by atoms with van der Waals surface area (Å²) in [5, 5.41) is 8.86. The van der Waals surface area contributed by atoms with Crippen molar-refractivity contribution >= 4 is 22.9 Å². The molecule has 0 unspecified atom stereocenters. The summed E-state index contributed by atoms with van der Waals surface area (Å²) < 4.78 is 5.31. The Hall–Kier alpha value is -2.47. The van der Waals surface area contributed by atoms with E-state index >= 15 is 0 Å². The minimum atomic E-state index is -0.0164. The van der Waals surface area contributed by atoms with Gasteiger partial charge in [-0.3, -0.25) is 4.79 Å². The number of thiophene rings is 1. The van der Waals surface area contributed by atoms with Crippen LogP contribution < -0.4 is 5.32 Å². The molecule has 2 aromatic heterocycles. The fourth-order valence-electron chi connectivity index (χ4n) is 2.03. The van der Waals surface area contributed by atoms with Gasteiger partial charge in [-0.25, -0.2) is 0 Å². The van der Waals surface area contributed by atoms with Gasteiger partial charge in [-0.2, -0.15) is 4.98 Å². The molecule has 6 heteroatoms. The number of para-hydroxylation sites is 1. The van der Waals surface area contributed by atoms with Gasteiger partial charge in [-0.1, -0.05) is 36.3 Å². The van der Waals surface area contributed by atoms with Gasteiger partial charge in [0, 0.05) is 12.1 Å². The van der Waals surface area contributed by atoms with Crippen molar-refractivity contribution in [3.8, 4) is 10.7 Å². The maximum Gasteiger partial charge on any atom is 0.231 e. The van der Waals surface area contributed by atoms with Crippen LogP contribution >= 0.6 is 11.3 Å². The predicted molar refractivity (Wildman–Crippen MR) is 85.8 cm³/mol. The van der Waals surface area contributed by atoms with E-state index in [0.717, 1.165) is 16.1 Å². The van der Waals surface area contributed by atoms with Crippen molar-refractivity contribution in [3.05, 3.63) is 53.2 Å². The first-order chi connectivity index (χ1) is 10.8. The lowest BCUT2D eigenvalue weighted by Gasteiger charge is -2.08. The van der Waals surface area contributed by atoms with E-state index in [4.69, 9.17) is 4.52 Å². The normalized spacial score (nSPS) is 10.6. The Labute approximate surface area is 132 Å². The van der Waals surface area contributed by atoms with Crippen LogP contribution in [0, 0.1) is 0 Å². The minimum Gasteiger partial charge on any atom is -0.339 e. The maximum absolute atomic E-state index is 11.6. The Balaban J connectivity index is 1.80. The summed E-state index contributed by atoms with van der Waals surface area (Å²) >= 11 is 1.57. The van der Waals surface area contributed by atoms with Gasteiger partial charge in [-0.05, 0) is 23.1 Å². The molecule has 0 spiro atoms. The third-order valence-electron chi connectivity index (χ3n) is 3.16. The fourth-order valence-corrected chi connectivity index (χ4v) is 2.68. The lowest BCUT2D eigenvalue weighted by atomic mass is 10.1. The molecule has 3 rings (SSSR count). The van der Waals surface area contributed by atoms with Crippen molar-refractivity contribution in [2.45, 2.75) is 19.8 Å². The molecule has 1 amide bonds. The number of carbonyl (C=O) groups is 1. The molecule has 0 fully saturated rings. The third-order valence-corrected chi connectivity index (χ3v) is 4.03. The molecule has 22 heavy (non-hydrogen) atoms. The fraction of sp³-hybridized carbons (Fsp3) is 0.188. The van der Waals surface area contributed by atoms with Crippen LogP contribution in [0.25, 0.3) is 10.7 Å². The number of aromatic nitrogens is 2. The molecule has 112 valence electrons. The summed E-state index contributed by atoms with van der Waals surface area (Å²) in [5.41, 5.74) is 1.73. The number of hydrogen-bond acceptors (Lipinski definition) is 5. The topological polar surface area (TPSA) is 68.0 Å². The number of benzene rings is 1. The van der Waals surface area contributed by atoms with E-state index in [0.29, 0.717) is 24.6 Å². The molecule has 0 saturated carbocycles. The number of nitrogens with zero attached hydrogens (tertiary/aromatic N) is 2. The summed E-state index contributed by atoms with van der Waals surface area (Å²) in [7, 11) is 0. The summed E-state index contributed by atoms with van der Waals surface area (Å²) in [6.07, 6.45) is 0.927. The Bertz CT molecular complexity index is 765.